The summed E-state index contributed by atoms with van der Waals surface area (Å²) in [6.07, 6.45) is 1.74. The molecular formula is C10H11NO3. The number of aromatic nitrogens is 1. The van der Waals surface area contributed by atoms with Gasteiger partial charge in [0.25, 0.3) is 5.56 Å². The number of fused-ring (bicyclic) bond motifs is 1. The van der Waals surface area contributed by atoms with Gasteiger partial charge in [-0.2, -0.15) is 0 Å². The van der Waals surface area contributed by atoms with Crippen LogP contribution in [-0.4, -0.2) is 10.5 Å². The Hall–Kier alpha value is -1.58. The van der Waals surface area contributed by atoms with Crippen LogP contribution < -0.4 is 10.3 Å². The van der Waals surface area contributed by atoms with Crippen molar-refractivity contribution in [3.05, 3.63) is 28.2 Å². The van der Waals surface area contributed by atoms with Gasteiger partial charge in [0.15, 0.2) is 5.75 Å². The van der Waals surface area contributed by atoms with E-state index in [1.54, 1.807) is 10.6 Å². The van der Waals surface area contributed by atoms with Gasteiger partial charge in [-0.15, -0.1) is 0 Å². The molecule has 0 fully saturated rings. The van der Waals surface area contributed by atoms with E-state index in [1.165, 1.54) is 13.0 Å². The molecule has 74 valence electrons. The predicted octanol–water partition coefficient (Wildman–Crippen LogP) is 0.720. The zero-order valence-corrected chi connectivity index (χ0v) is 7.95. The molecule has 4 heteroatoms. The molecule has 14 heavy (non-hydrogen) atoms. The van der Waals surface area contributed by atoms with Gasteiger partial charge in [0.05, 0.1) is 5.69 Å². The van der Waals surface area contributed by atoms with Crippen LogP contribution in [0.15, 0.2) is 16.9 Å². The van der Waals surface area contributed by atoms with Crippen LogP contribution in [-0.2, 0) is 17.8 Å². The fourth-order valence-electron chi connectivity index (χ4n) is 1.75. The van der Waals surface area contributed by atoms with Crippen molar-refractivity contribution in [2.75, 3.05) is 0 Å². The monoisotopic (exact) mass is 193 g/mol. The molecule has 2 heterocycles. The lowest BCUT2D eigenvalue weighted by Gasteiger charge is -2.07. The molecule has 0 atom stereocenters. The average Bonchev–Trinajstić information content (AvgIpc) is 2.58. The number of pyridine rings is 1. The summed E-state index contributed by atoms with van der Waals surface area (Å²) in [5, 5.41) is 0. The molecule has 1 aromatic rings. The van der Waals surface area contributed by atoms with E-state index in [9.17, 15) is 9.59 Å². The lowest BCUT2D eigenvalue weighted by molar-refractivity contribution is -0.131. The fourth-order valence-corrected chi connectivity index (χ4v) is 1.75. The first-order chi connectivity index (χ1) is 6.68. The highest BCUT2D eigenvalue weighted by atomic mass is 16.5. The Kier molecular flexibility index (Phi) is 2.11. The Balaban J connectivity index is 2.48. The summed E-state index contributed by atoms with van der Waals surface area (Å²) in [5.74, 6) is 0.174. The molecule has 4 nitrogen and oxygen atoms in total. The maximum absolute atomic E-state index is 11.4. The van der Waals surface area contributed by atoms with Gasteiger partial charge in [-0.1, -0.05) is 0 Å². The number of carbonyl (C=O) groups is 1. The molecule has 0 aliphatic carbocycles. The lowest BCUT2D eigenvalue weighted by Crippen LogP contribution is -2.19. The first kappa shape index (κ1) is 8.99. The van der Waals surface area contributed by atoms with Crippen molar-refractivity contribution in [3.63, 3.8) is 0 Å². The lowest BCUT2D eigenvalue weighted by atomic mass is 10.2. The van der Waals surface area contributed by atoms with Gasteiger partial charge >= 0.3 is 5.97 Å². The maximum atomic E-state index is 11.4. The average molecular weight is 193 g/mol. The van der Waals surface area contributed by atoms with E-state index >= 15 is 0 Å². The van der Waals surface area contributed by atoms with E-state index in [0.29, 0.717) is 5.75 Å². The molecule has 2 rings (SSSR count). The molecule has 1 aromatic heterocycles. The van der Waals surface area contributed by atoms with Crippen LogP contribution in [0.4, 0.5) is 0 Å². The molecule has 0 saturated heterocycles. The Morgan fingerprint density at radius 2 is 2.29 bits per heavy atom. The Labute approximate surface area is 81.1 Å². The second kappa shape index (κ2) is 3.29. The molecule has 0 amide bonds. The molecule has 0 aromatic carbocycles. The number of esters is 1. The van der Waals surface area contributed by atoms with Crippen molar-refractivity contribution in [1.29, 1.82) is 0 Å². The van der Waals surface area contributed by atoms with Crippen LogP contribution in [0.5, 0.6) is 5.75 Å². The number of rotatable bonds is 1. The van der Waals surface area contributed by atoms with Gasteiger partial charge in [-0.3, -0.25) is 9.59 Å². The zero-order valence-electron chi connectivity index (χ0n) is 7.95. The third-order valence-corrected chi connectivity index (χ3v) is 2.30. The van der Waals surface area contributed by atoms with Crippen molar-refractivity contribution >= 4 is 5.97 Å². The third-order valence-electron chi connectivity index (χ3n) is 2.30. The standard InChI is InChI=1S/C10H11NO3/c1-7(12)14-9-4-5-10(13)11-6-2-3-8(9)11/h4-5H,2-3,6H2,1H3. The summed E-state index contributed by atoms with van der Waals surface area (Å²) in [7, 11) is 0. The Morgan fingerprint density at radius 3 is 3.00 bits per heavy atom. The zero-order chi connectivity index (χ0) is 10.1. The smallest absolute Gasteiger partial charge is 0.308 e. The second-order valence-corrected chi connectivity index (χ2v) is 3.33. The number of hydrogen-bond acceptors (Lipinski definition) is 3. The van der Waals surface area contributed by atoms with E-state index in [1.807, 2.05) is 0 Å². The molecule has 1 aliphatic rings. The second-order valence-electron chi connectivity index (χ2n) is 3.33. The van der Waals surface area contributed by atoms with Gasteiger partial charge in [0.1, 0.15) is 0 Å². The van der Waals surface area contributed by atoms with Crippen molar-refractivity contribution in [2.24, 2.45) is 0 Å². The molecule has 0 spiro atoms. The van der Waals surface area contributed by atoms with E-state index in [2.05, 4.69) is 0 Å². The summed E-state index contributed by atoms with van der Waals surface area (Å²) in [6, 6.07) is 3.01. The Morgan fingerprint density at radius 1 is 1.50 bits per heavy atom. The van der Waals surface area contributed by atoms with E-state index < -0.39 is 0 Å². The third kappa shape index (κ3) is 1.43. The molecular weight excluding hydrogens is 182 g/mol. The van der Waals surface area contributed by atoms with Gasteiger partial charge in [-0.05, 0) is 18.9 Å². The van der Waals surface area contributed by atoms with Crippen LogP contribution in [0.2, 0.25) is 0 Å². The minimum atomic E-state index is -0.349. The highest BCUT2D eigenvalue weighted by Gasteiger charge is 2.17. The van der Waals surface area contributed by atoms with Gasteiger partial charge in [-0.25, -0.2) is 0 Å². The topological polar surface area (TPSA) is 48.3 Å². The predicted molar refractivity (Wildman–Crippen MR) is 50.3 cm³/mol. The first-order valence-electron chi connectivity index (χ1n) is 4.59. The van der Waals surface area contributed by atoms with E-state index in [0.717, 1.165) is 25.1 Å². The number of carbonyl (C=O) groups excluding carboxylic acids is 1. The normalized spacial score (nSPS) is 13.8. The minimum absolute atomic E-state index is 0.0200. The van der Waals surface area contributed by atoms with E-state index in [-0.39, 0.29) is 11.5 Å². The quantitative estimate of drug-likeness (QED) is 0.617. The highest BCUT2D eigenvalue weighted by molar-refractivity contribution is 5.69. The first-order valence-corrected chi connectivity index (χ1v) is 4.59. The largest absolute Gasteiger partial charge is 0.425 e. The fraction of sp³-hybridized carbons (Fsp3) is 0.400. The molecule has 1 aliphatic heterocycles. The van der Waals surface area contributed by atoms with E-state index in [4.69, 9.17) is 4.74 Å². The number of nitrogens with zero attached hydrogens (tertiary/aromatic N) is 1. The summed E-state index contributed by atoms with van der Waals surface area (Å²) >= 11 is 0. The summed E-state index contributed by atoms with van der Waals surface area (Å²) in [6.45, 7) is 2.08. The number of ether oxygens (including phenoxy) is 1. The highest BCUT2D eigenvalue weighted by Crippen LogP contribution is 2.22. The molecule has 0 bridgehead atoms. The Bertz CT molecular complexity index is 433. The van der Waals surface area contributed by atoms with Gasteiger partial charge in [0, 0.05) is 19.5 Å². The van der Waals surface area contributed by atoms with Gasteiger partial charge in [0.2, 0.25) is 0 Å². The van der Waals surface area contributed by atoms with Crippen molar-refractivity contribution in [2.45, 2.75) is 26.3 Å². The molecule has 0 radical (unpaired) electrons. The van der Waals surface area contributed by atoms with Crippen LogP contribution in [0.25, 0.3) is 0 Å². The van der Waals surface area contributed by atoms with Crippen LogP contribution >= 0.6 is 0 Å². The van der Waals surface area contributed by atoms with Crippen molar-refractivity contribution in [3.8, 4) is 5.75 Å². The van der Waals surface area contributed by atoms with Gasteiger partial charge < -0.3 is 9.30 Å². The number of hydrogen-bond donors (Lipinski definition) is 0. The van der Waals surface area contributed by atoms with Crippen LogP contribution in [0.3, 0.4) is 0 Å². The van der Waals surface area contributed by atoms with Crippen LogP contribution in [0.1, 0.15) is 19.0 Å². The molecule has 0 unspecified atom stereocenters. The summed E-state index contributed by atoms with van der Waals surface area (Å²) in [4.78, 5) is 22.2. The summed E-state index contributed by atoms with van der Waals surface area (Å²) < 4.78 is 6.68. The van der Waals surface area contributed by atoms with Crippen molar-refractivity contribution < 1.29 is 9.53 Å². The molecule has 0 N–H and O–H groups in total. The van der Waals surface area contributed by atoms with Crippen LogP contribution in [0, 0.1) is 0 Å². The summed E-state index contributed by atoms with van der Waals surface area (Å²) in [5.41, 5.74) is 0.820. The van der Waals surface area contributed by atoms with Crippen molar-refractivity contribution in [1.82, 2.24) is 4.57 Å². The minimum Gasteiger partial charge on any atom is -0.425 e. The molecule has 0 saturated carbocycles. The SMILES string of the molecule is CC(=O)Oc1ccc(=O)n2c1CCC2. The maximum Gasteiger partial charge on any atom is 0.308 e.